The Morgan fingerprint density at radius 2 is 1.71 bits per heavy atom. The van der Waals surface area contributed by atoms with Crippen LogP contribution >= 0.6 is 0 Å². The Balaban J connectivity index is 0.000000774. The molecular weight excluding hydrogens is 252 g/mol. The van der Waals surface area contributed by atoms with Gasteiger partial charge >= 0.3 is 0 Å². The summed E-state index contributed by atoms with van der Waals surface area (Å²) in [7, 11) is 0. The second-order valence-corrected chi connectivity index (χ2v) is 4.92. The number of rotatable bonds is 1. The summed E-state index contributed by atoms with van der Waals surface area (Å²) in [5, 5.41) is 2.70. The van der Waals surface area contributed by atoms with Crippen molar-refractivity contribution >= 4 is 16.3 Å². The maximum absolute atomic E-state index is 2.28. The Morgan fingerprint density at radius 1 is 0.952 bits per heavy atom. The molecule has 0 saturated heterocycles. The Hall–Kier alpha value is -2.08. The van der Waals surface area contributed by atoms with Crippen LogP contribution in [0, 0.1) is 0 Å². The van der Waals surface area contributed by atoms with Crippen molar-refractivity contribution in [2.45, 2.75) is 34.1 Å². The van der Waals surface area contributed by atoms with Crippen molar-refractivity contribution in [1.82, 2.24) is 0 Å². The molecule has 0 radical (unpaired) electrons. The van der Waals surface area contributed by atoms with Gasteiger partial charge in [-0.15, -0.1) is 0 Å². The van der Waals surface area contributed by atoms with E-state index < -0.39 is 0 Å². The fraction of sp³-hybridized carbons (Fsp3) is 0.238. The molecule has 0 spiro atoms. The summed E-state index contributed by atoms with van der Waals surface area (Å²) < 4.78 is 0. The smallest absolute Gasteiger partial charge is 0.00133 e. The number of benzene rings is 2. The van der Waals surface area contributed by atoms with Gasteiger partial charge in [-0.1, -0.05) is 74.5 Å². The van der Waals surface area contributed by atoms with Crippen molar-refractivity contribution in [3.63, 3.8) is 0 Å². The van der Waals surface area contributed by atoms with Gasteiger partial charge in [-0.05, 0) is 53.3 Å². The zero-order valence-corrected chi connectivity index (χ0v) is 13.5. The highest BCUT2D eigenvalue weighted by Crippen LogP contribution is 2.40. The third-order valence-corrected chi connectivity index (χ3v) is 3.79. The zero-order chi connectivity index (χ0) is 15.2. The van der Waals surface area contributed by atoms with Gasteiger partial charge in [0.2, 0.25) is 0 Å². The minimum atomic E-state index is 1.05. The summed E-state index contributed by atoms with van der Waals surface area (Å²) in [5.74, 6) is 0. The highest BCUT2D eigenvalue weighted by molar-refractivity contribution is 6.01. The van der Waals surface area contributed by atoms with Crippen molar-refractivity contribution in [2.24, 2.45) is 0 Å². The van der Waals surface area contributed by atoms with Gasteiger partial charge in [-0.3, -0.25) is 0 Å². The van der Waals surface area contributed by atoms with Crippen LogP contribution in [-0.4, -0.2) is 0 Å². The summed E-state index contributed by atoms with van der Waals surface area (Å²) in [5.41, 5.74) is 5.69. The lowest BCUT2D eigenvalue weighted by Gasteiger charge is -2.06. The number of hydrogen-bond acceptors (Lipinski definition) is 0. The average Bonchev–Trinajstić information content (AvgIpc) is 2.92. The molecule has 2 aromatic rings. The second-order valence-electron chi connectivity index (χ2n) is 4.92. The van der Waals surface area contributed by atoms with Crippen molar-refractivity contribution in [3.05, 3.63) is 77.4 Å². The molecule has 3 rings (SSSR count). The summed E-state index contributed by atoms with van der Waals surface area (Å²) in [4.78, 5) is 0. The molecule has 0 heterocycles. The molecular formula is C21H24. The fourth-order valence-corrected chi connectivity index (χ4v) is 2.93. The van der Waals surface area contributed by atoms with Gasteiger partial charge < -0.3 is 0 Å². The summed E-state index contributed by atoms with van der Waals surface area (Å²) in [6, 6.07) is 13.2. The van der Waals surface area contributed by atoms with E-state index >= 15 is 0 Å². The van der Waals surface area contributed by atoms with Gasteiger partial charge in [0.25, 0.3) is 0 Å². The standard InChI is InChI=1S/C19H18.C2H6/c1-3-5-8-15-13-16-12-11-14-9-6-7-10-18(14)19(16)17(15)4-2;1-2/h3-12H,13H2,1-2H3;1-2H3/b5-3-,15-8-,17-4+;. The van der Waals surface area contributed by atoms with Crippen LogP contribution in [-0.2, 0) is 6.42 Å². The molecule has 0 unspecified atom stereocenters. The molecule has 21 heavy (non-hydrogen) atoms. The van der Waals surface area contributed by atoms with E-state index in [1.807, 2.05) is 13.8 Å². The van der Waals surface area contributed by atoms with Crippen LogP contribution in [0.2, 0.25) is 0 Å². The second kappa shape index (κ2) is 7.08. The van der Waals surface area contributed by atoms with Gasteiger partial charge in [0.15, 0.2) is 0 Å². The molecule has 0 heteroatoms. The lowest BCUT2D eigenvalue weighted by Crippen LogP contribution is -1.84. The van der Waals surface area contributed by atoms with E-state index in [4.69, 9.17) is 0 Å². The summed E-state index contributed by atoms with van der Waals surface area (Å²) in [6.07, 6.45) is 9.75. The minimum Gasteiger partial charge on any atom is -0.0877 e. The van der Waals surface area contributed by atoms with Crippen molar-refractivity contribution in [2.75, 3.05) is 0 Å². The Kier molecular flexibility index (Phi) is 5.16. The van der Waals surface area contributed by atoms with Crippen molar-refractivity contribution in [3.8, 4) is 0 Å². The van der Waals surface area contributed by atoms with Crippen LogP contribution in [0.15, 0.2) is 66.3 Å². The average molecular weight is 276 g/mol. The van der Waals surface area contributed by atoms with E-state index in [1.54, 1.807) is 0 Å². The number of hydrogen-bond donors (Lipinski definition) is 0. The van der Waals surface area contributed by atoms with Crippen LogP contribution < -0.4 is 0 Å². The highest BCUT2D eigenvalue weighted by atomic mass is 14.3. The van der Waals surface area contributed by atoms with E-state index in [9.17, 15) is 0 Å². The van der Waals surface area contributed by atoms with Gasteiger partial charge in [-0.25, -0.2) is 0 Å². The number of allylic oxidation sites excluding steroid dienone is 6. The molecule has 0 bridgehead atoms. The van der Waals surface area contributed by atoms with Crippen LogP contribution in [0.1, 0.15) is 38.8 Å². The van der Waals surface area contributed by atoms with Crippen molar-refractivity contribution in [1.29, 1.82) is 0 Å². The quantitative estimate of drug-likeness (QED) is 0.571. The topological polar surface area (TPSA) is 0 Å². The highest BCUT2D eigenvalue weighted by Gasteiger charge is 2.21. The zero-order valence-electron chi connectivity index (χ0n) is 13.5. The molecule has 1 aliphatic rings. The lowest BCUT2D eigenvalue weighted by atomic mass is 9.98. The van der Waals surface area contributed by atoms with E-state index in [-0.39, 0.29) is 0 Å². The molecule has 0 saturated carbocycles. The molecule has 0 fully saturated rings. The van der Waals surface area contributed by atoms with E-state index in [2.05, 4.69) is 74.5 Å². The van der Waals surface area contributed by atoms with Crippen LogP contribution in [0.3, 0.4) is 0 Å². The molecule has 2 aromatic carbocycles. The maximum Gasteiger partial charge on any atom is -0.00133 e. The Labute approximate surface area is 128 Å². The monoisotopic (exact) mass is 276 g/mol. The predicted molar refractivity (Wildman–Crippen MR) is 95.5 cm³/mol. The first-order valence-corrected chi connectivity index (χ1v) is 7.84. The molecule has 0 nitrogen and oxygen atoms in total. The molecule has 0 atom stereocenters. The normalized spacial score (nSPS) is 17.3. The predicted octanol–water partition coefficient (Wildman–Crippen LogP) is 6.33. The van der Waals surface area contributed by atoms with Gasteiger partial charge in [0, 0.05) is 0 Å². The maximum atomic E-state index is 2.28. The molecule has 0 aromatic heterocycles. The first kappa shape index (κ1) is 15.3. The Morgan fingerprint density at radius 3 is 2.43 bits per heavy atom. The largest absolute Gasteiger partial charge is 0.0877 e. The van der Waals surface area contributed by atoms with Gasteiger partial charge in [-0.2, -0.15) is 0 Å². The van der Waals surface area contributed by atoms with E-state index in [0.29, 0.717) is 0 Å². The lowest BCUT2D eigenvalue weighted by molar-refractivity contribution is 1.27. The molecule has 108 valence electrons. The SMILES string of the molecule is CC.C\C=C/C=C1/Cc2ccc3ccccc3c2/C1=C/C. The molecule has 1 aliphatic carbocycles. The van der Waals surface area contributed by atoms with Crippen LogP contribution in [0.25, 0.3) is 16.3 Å². The summed E-state index contributed by atoms with van der Waals surface area (Å²) >= 11 is 0. The fourth-order valence-electron chi connectivity index (χ4n) is 2.93. The third kappa shape index (κ3) is 2.85. The summed E-state index contributed by atoms with van der Waals surface area (Å²) in [6.45, 7) is 8.19. The molecule has 0 amide bonds. The van der Waals surface area contributed by atoms with Gasteiger partial charge in [0.05, 0.1) is 0 Å². The van der Waals surface area contributed by atoms with Gasteiger partial charge in [0.1, 0.15) is 0 Å². The van der Waals surface area contributed by atoms with Crippen LogP contribution in [0.5, 0.6) is 0 Å². The van der Waals surface area contributed by atoms with Crippen molar-refractivity contribution < 1.29 is 0 Å². The first-order chi connectivity index (χ1) is 10.3. The Bertz CT molecular complexity index is 712. The first-order valence-electron chi connectivity index (χ1n) is 7.84. The van der Waals surface area contributed by atoms with Crippen LogP contribution in [0.4, 0.5) is 0 Å². The van der Waals surface area contributed by atoms with E-state index in [1.165, 1.54) is 33.0 Å². The van der Waals surface area contributed by atoms with E-state index in [0.717, 1.165) is 6.42 Å². The third-order valence-electron chi connectivity index (χ3n) is 3.79. The number of fused-ring (bicyclic) bond motifs is 3. The molecule has 0 N–H and O–H groups in total. The minimum absolute atomic E-state index is 1.05. The molecule has 0 aliphatic heterocycles.